The maximum Gasteiger partial charge on any atom is 0.180 e. The molecule has 2 rings (SSSR count). The second-order valence-electron chi connectivity index (χ2n) is 5.35. The molecular formula is C15H23NO2S2. The van der Waals surface area contributed by atoms with E-state index in [0.717, 1.165) is 24.9 Å². The first-order valence-electron chi connectivity index (χ1n) is 7.08. The number of rotatable bonds is 6. The van der Waals surface area contributed by atoms with Gasteiger partial charge in [-0.15, -0.1) is 0 Å². The molecule has 0 spiro atoms. The molecule has 20 heavy (non-hydrogen) atoms. The first-order chi connectivity index (χ1) is 9.48. The Bertz CT molecular complexity index is 557. The Labute approximate surface area is 126 Å². The van der Waals surface area contributed by atoms with Crippen LogP contribution in [0.5, 0.6) is 0 Å². The van der Waals surface area contributed by atoms with Gasteiger partial charge in [-0.3, -0.25) is 0 Å². The number of fused-ring (bicyclic) bond motifs is 1. The molecule has 0 aromatic heterocycles. The lowest BCUT2D eigenvalue weighted by molar-refractivity contribution is 0.461. The molecule has 3 nitrogen and oxygen atoms in total. The van der Waals surface area contributed by atoms with Crippen LogP contribution in [0, 0.1) is 0 Å². The summed E-state index contributed by atoms with van der Waals surface area (Å²) in [5.74, 6) is 0.185. The second-order valence-corrected chi connectivity index (χ2v) is 8.62. The Kier molecular flexibility index (Phi) is 4.82. The molecule has 5 heteroatoms. The van der Waals surface area contributed by atoms with Gasteiger partial charge in [-0.1, -0.05) is 32.0 Å². The fourth-order valence-corrected chi connectivity index (χ4v) is 5.37. The molecule has 112 valence electrons. The van der Waals surface area contributed by atoms with Gasteiger partial charge in [-0.25, -0.2) is 8.42 Å². The highest BCUT2D eigenvalue weighted by molar-refractivity contribution is 8.00. The third kappa shape index (κ3) is 2.90. The van der Waals surface area contributed by atoms with Crippen LogP contribution in [0.2, 0.25) is 0 Å². The maximum atomic E-state index is 12.2. The molecule has 0 bridgehead atoms. The summed E-state index contributed by atoms with van der Waals surface area (Å²) in [5, 5.41) is 3.49. The van der Waals surface area contributed by atoms with Crippen molar-refractivity contribution in [1.82, 2.24) is 5.32 Å². The molecule has 1 aliphatic heterocycles. The quantitative estimate of drug-likeness (QED) is 0.877. The normalized spacial score (nSPS) is 20.9. The van der Waals surface area contributed by atoms with E-state index in [1.54, 1.807) is 12.1 Å². The number of thioether (sulfide) groups is 1. The molecule has 0 radical (unpaired) electrons. The molecule has 1 unspecified atom stereocenters. The van der Waals surface area contributed by atoms with Crippen molar-refractivity contribution in [2.75, 3.05) is 18.6 Å². The SMILES string of the molecule is CCC(CC)(CNC1CS(=O)(=O)c2ccccc21)SC. The number of benzene rings is 1. The van der Waals surface area contributed by atoms with Crippen molar-refractivity contribution in [2.24, 2.45) is 0 Å². The molecule has 1 aromatic carbocycles. The van der Waals surface area contributed by atoms with Gasteiger partial charge >= 0.3 is 0 Å². The van der Waals surface area contributed by atoms with Gasteiger partial charge in [0.05, 0.1) is 10.6 Å². The Morgan fingerprint density at radius 2 is 1.95 bits per heavy atom. The van der Waals surface area contributed by atoms with Gasteiger partial charge < -0.3 is 5.32 Å². The Balaban J connectivity index is 2.17. The molecule has 0 amide bonds. The number of hydrogen-bond acceptors (Lipinski definition) is 4. The van der Waals surface area contributed by atoms with E-state index in [2.05, 4.69) is 25.4 Å². The molecule has 1 atom stereocenters. The smallest absolute Gasteiger partial charge is 0.180 e. The lowest BCUT2D eigenvalue weighted by atomic mass is 10.0. The van der Waals surface area contributed by atoms with Crippen LogP contribution < -0.4 is 5.32 Å². The van der Waals surface area contributed by atoms with Crippen LogP contribution in [0.4, 0.5) is 0 Å². The third-order valence-electron chi connectivity index (χ3n) is 4.41. The summed E-state index contributed by atoms with van der Waals surface area (Å²) in [7, 11) is -3.11. The first kappa shape index (κ1) is 15.9. The van der Waals surface area contributed by atoms with E-state index < -0.39 is 9.84 Å². The van der Waals surface area contributed by atoms with E-state index in [0.29, 0.717) is 4.90 Å². The van der Waals surface area contributed by atoms with Crippen molar-refractivity contribution < 1.29 is 8.42 Å². The number of sulfone groups is 1. The van der Waals surface area contributed by atoms with Gasteiger partial charge in [0.2, 0.25) is 0 Å². The third-order valence-corrected chi connectivity index (χ3v) is 7.81. The summed E-state index contributed by atoms with van der Waals surface area (Å²) in [5.41, 5.74) is 0.926. The predicted octanol–water partition coefficient (Wildman–Crippen LogP) is 3.03. The minimum Gasteiger partial charge on any atom is -0.308 e. The molecular weight excluding hydrogens is 290 g/mol. The van der Waals surface area contributed by atoms with Gasteiger partial charge in [-0.2, -0.15) is 11.8 Å². The van der Waals surface area contributed by atoms with Crippen LogP contribution in [-0.4, -0.2) is 31.7 Å². The highest BCUT2D eigenvalue weighted by Crippen LogP contribution is 2.35. The Hall–Kier alpha value is -0.520. The fourth-order valence-electron chi connectivity index (χ4n) is 2.79. The lowest BCUT2D eigenvalue weighted by Crippen LogP contribution is -2.38. The second kappa shape index (κ2) is 6.08. The highest BCUT2D eigenvalue weighted by Gasteiger charge is 2.35. The molecule has 1 N–H and O–H groups in total. The summed E-state index contributed by atoms with van der Waals surface area (Å²) in [6, 6.07) is 7.28. The summed E-state index contributed by atoms with van der Waals surface area (Å²) in [6.45, 7) is 5.23. The van der Waals surface area contributed by atoms with Gasteiger partial charge in [0.1, 0.15) is 0 Å². The minimum atomic E-state index is -3.11. The zero-order valence-corrected chi connectivity index (χ0v) is 14.0. The largest absolute Gasteiger partial charge is 0.308 e. The van der Waals surface area contributed by atoms with Crippen molar-refractivity contribution in [3.05, 3.63) is 29.8 Å². The van der Waals surface area contributed by atoms with Crippen LogP contribution in [-0.2, 0) is 9.84 Å². The van der Waals surface area contributed by atoms with Crippen LogP contribution in [0.1, 0.15) is 38.3 Å². The summed E-state index contributed by atoms with van der Waals surface area (Å²) >= 11 is 1.87. The monoisotopic (exact) mass is 313 g/mol. The average Bonchev–Trinajstić information content (AvgIpc) is 2.73. The summed E-state index contributed by atoms with van der Waals surface area (Å²) in [4.78, 5) is 0.500. The molecule has 0 aliphatic carbocycles. The van der Waals surface area contributed by atoms with Crippen molar-refractivity contribution in [3.63, 3.8) is 0 Å². The molecule has 0 saturated heterocycles. The number of hydrogen-bond donors (Lipinski definition) is 1. The van der Waals surface area contributed by atoms with E-state index >= 15 is 0 Å². The molecule has 0 fully saturated rings. The maximum absolute atomic E-state index is 12.2. The van der Waals surface area contributed by atoms with Crippen LogP contribution >= 0.6 is 11.8 Å². The van der Waals surface area contributed by atoms with E-state index in [4.69, 9.17) is 0 Å². The van der Waals surface area contributed by atoms with Gasteiger partial charge in [0.15, 0.2) is 9.84 Å². The Morgan fingerprint density at radius 1 is 1.30 bits per heavy atom. The van der Waals surface area contributed by atoms with Crippen molar-refractivity contribution in [3.8, 4) is 0 Å². The fraction of sp³-hybridized carbons (Fsp3) is 0.600. The highest BCUT2D eigenvalue weighted by atomic mass is 32.2. The summed E-state index contributed by atoms with van der Waals surface area (Å²) < 4.78 is 24.5. The van der Waals surface area contributed by atoms with Crippen molar-refractivity contribution >= 4 is 21.6 Å². The zero-order valence-electron chi connectivity index (χ0n) is 12.3. The van der Waals surface area contributed by atoms with E-state index in [1.807, 2.05) is 23.9 Å². The van der Waals surface area contributed by atoms with E-state index in [-0.39, 0.29) is 16.5 Å². The van der Waals surface area contributed by atoms with Gasteiger partial charge in [0.25, 0.3) is 0 Å². The van der Waals surface area contributed by atoms with Gasteiger partial charge in [0, 0.05) is 17.3 Å². The predicted molar refractivity (Wildman–Crippen MR) is 86.1 cm³/mol. The standard InChI is InChI=1S/C15H23NO2S2/c1-4-15(5-2,19-3)11-16-13-10-20(17,18)14-9-7-6-8-12(13)14/h6-9,13,16H,4-5,10-11H2,1-3H3. The van der Waals surface area contributed by atoms with Crippen LogP contribution in [0.15, 0.2) is 29.2 Å². The molecule has 0 saturated carbocycles. The topological polar surface area (TPSA) is 46.2 Å². The van der Waals surface area contributed by atoms with Gasteiger partial charge in [-0.05, 0) is 30.7 Å². The van der Waals surface area contributed by atoms with Crippen molar-refractivity contribution in [1.29, 1.82) is 0 Å². The molecule has 1 aliphatic rings. The van der Waals surface area contributed by atoms with E-state index in [9.17, 15) is 8.42 Å². The zero-order chi connectivity index (χ0) is 14.8. The average molecular weight is 313 g/mol. The lowest BCUT2D eigenvalue weighted by Gasteiger charge is -2.31. The number of nitrogens with one attached hydrogen (secondary N) is 1. The van der Waals surface area contributed by atoms with Crippen LogP contribution in [0.3, 0.4) is 0 Å². The summed E-state index contributed by atoms with van der Waals surface area (Å²) in [6.07, 6.45) is 4.30. The first-order valence-corrected chi connectivity index (χ1v) is 9.96. The van der Waals surface area contributed by atoms with Crippen LogP contribution in [0.25, 0.3) is 0 Å². The van der Waals surface area contributed by atoms with E-state index in [1.165, 1.54) is 0 Å². The Morgan fingerprint density at radius 3 is 2.55 bits per heavy atom. The minimum absolute atomic E-state index is 0.0687. The molecule has 1 heterocycles. The molecule has 1 aromatic rings. The van der Waals surface area contributed by atoms with Crippen molar-refractivity contribution in [2.45, 2.75) is 42.4 Å².